The average Bonchev–Trinajstić information content (AvgIpc) is 2.80. The molecule has 2 aromatic heterocycles. The zero-order valence-corrected chi connectivity index (χ0v) is 19.4. The molecule has 3 heterocycles. The van der Waals surface area contributed by atoms with E-state index in [1.54, 1.807) is 24.4 Å². The van der Waals surface area contributed by atoms with E-state index in [9.17, 15) is 4.79 Å². The molecule has 0 atom stereocenters. The van der Waals surface area contributed by atoms with E-state index in [4.69, 9.17) is 11.6 Å². The van der Waals surface area contributed by atoms with Gasteiger partial charge < -0.3 is 20.1 Å². The van der Waals surface area contributed by atoms with Crippen LogP contribution in [0.2, 0.25) is 5.02 Å². The lowest BCUT2D eigenvalue weighted by atomic mass is 10.1. The SMILES string of the molecule is Cc1cc(Nc2ncc3cc(-c4ccc(Cl)cc4)c(=O)[nH]c3n2)ccc1N1CCN(C)CC1. The van der Waals surface area contributed by atoms with Crippen LogP contribution in [0.25, 0.3) is 22.2 Å². The molecule has 0 amide bonds. The number of hydrogen-bond acceptors (Lipinski definition) is 6. The first-order chi connectivity index (χ1) is 16.0. The number of benzene rings is 2. The second-order valence-corrected chi connectivity index (χ2v) is 8.87. The molecule has 1 saturated heterocycles. The Bertz CT molecular complexity index is 1360. The molecule has 8 heteroatoms. The molecule has 33 heavy (non-hydrogen) atoms. The first-order valence-corrected chi connectivity index (χ1v) is 11.3. The molecular formula is C25H25ClN6O. The first kappa shape index (κ1) is 21.4. The van der Waals surface area contributed by atoms with Gasteiger partial charge in [-0.2, -0.15) is 4.98 Å². The van der Waals surface area contributed by atoms with Crippen LogP contribution >= 0.6 is 11.6 Å². The maximum Gasteiger partial charge on any atom is 0.257 e. The highest BCUT2D eigenvalue weighted by molar-refractivity contribution is 6.30. The molecule has 1 fully saturated rings. The number of rotatable bonds is 4. The van der Waals surface area contributed by atoms with Gasteiger partial charge in [0.05, 0.1) is 0 Å². The lowest BCUT2D eigenvalue weighted by Gasteiger charge is -2.35. The topological polar surface area (TPSA) is 77.1 Å². The van der Waals surface area contributed by atoms with Gasteiger partial charge in [0.25, 0.3) is 5.56 Å². The molecule has 0 radical (unpaired) electrons. The van der Waals surface area contributed by atoms with Gasteiger partial charge in [-0.05, 0) is 61.5 Å². The molecular weight excluding hydrogens is 436 g/mol. The number of nitrogens with zero attached hydrogens (tertiary/aromatic N) is 4. The second-order valence-electron chi connectivity index (χ2n) is 8.43. The molecule has 7 nitrogen and oxygen atoms in total. The molecule has 0 saturated carbocycles. The molecule has 0 aliphatic carbocycles. The number of aromatic nitrogens is 3. The van der Waals surface area contributed by atoms with Crippen molar-refractivity contribution in [3.05, 3.63) is 75.7 Å². The lowest BCUT2D eigenvalue weighted by molar-refractivity contribution is 0.312. The summed E-state index contributed by atoms with van der Waals surface area (Å²) in [5, 5.41) is 4.64. The quantitative estimate of drug-likeness (QED) is 0.468. The van der Waals surface area contributed by atoms with Gasteiger partial charge >= 0.3 is 0 Å². The molecule has 168 valence electrons. The zero-order chi connectivity index (χ0) is 22.9. The van der Waals surface area contributed by atoms with Gasteiger partial charge in [-0.1, -0.05) is 23.7 Å². The van der Waals surface area contributed by atoms with Crippen molar-refractivity contribution >= 4 is 40.0 Å². The summed E-state index contributed by atoms with van der Waals surface area (Å²) in [5.74, 6) is 0.434. The van der Waals surface area contributed by atoms with E-state index in [2.05, 4.69) is 56.2 Å². The maximum absolute atomic E-state index is 12.7. The monoisotopic (exact) mass is 460 g/mol. The fourth-order valence-electron chi connectivity index (χ4n) is 4.16. The Hall–Kier alpha value is -3.42. The fraction of sp³-hybridized carbons (Fsp3) is 0.240. The highest BCUT2D eigenvalue weighted by atomic mass is 35.5. The summed E-state index contributed by atoms with van der Waals surface area (Å²) in [7, 11) is 2.16. The molecule has 1 aliphatic rings. The van der Waals surface area contributed by atoms with E-state index in [0.717, 1.165) is 42.8 Å². The lowest BCUT2D eigenvalue weighted by Crippen LogP contribution is -2.44. The van der Waals surface area contributed by atoms with Crippen molar-refractivity contribution in [2.75, 3.05) is 43.4 Å². The van der Waals surface area contributed by atoms with Crippen LogP contribution in [0, 0.1) is 6.92 Å². The number of aromatic amines is 1. The average molecular weight is 461 g/mol. The van der Waals surface area contributed by atoms with Gasteiger partial charge in [0.2, 0.25) is 5.95 Å². The highest BCUT2D eigenvalue weighted by Crippen LogP contribution is 2.26. The van der Waals surface area contributed by atoms with Gasteiger partial charge in [0.1, 0.15) is 5.65 Å². The van der Waals surface area contributed by atoms with E-state index < -0.39 is 0 Å². The van der Waals surface area contributed by atoms with Crippen molar-refractivity contribution in [3.8, 4) is 11.1 Å². The summed E-state index contributed by atoms with van der Waals surface area (Å²) >= 11 is 5.96. The van der Waals surface area contributed by atoms with E-state index in [1.165, 1.54) is 11.3 Å². The minimum atomic E-state index is -0.207. The van der Waals surface area contributed by atoms with Crippen LogP contribution in [0.1, 0.15) is 5.56 Å². The Morgan fingerprint density at radius 2 is 1.79 bits per heavy atom. The number of anilines is 3. The van der Waals surface area contributed by atoms with Crippen LogP contribution in [0.5, 0.6) is 0 Å². The highest BCUT2D eigenvalue weighted by Gasteiger charge is 2.16. The Morgan fingerprint density at radius 3 is 2.52 bits per heavy atom. The van der Waals surface area contributed by atoms with Gasteiger partial charge in [-0.15, -0.1) is 0 Å². The van der Waals surface area contributed by atoms with Crippen LogP contribution < -0.4 is 15.8 Å². The number of fused-ring (bicyclic) bond motifs is 1. The van der Waals surface area contributed by atoms with Crippen LogP contribution in [0.15, 0.2) is 59.5 Å². The number of halogens is 1. The Kier molecular flexibility index (Phi) is 5.74. The van der Waals surface area contributed by atoms with E-state index in [-0.39, 0.29) is 5.56 Å². The summed E-state index contributed by atoms with van der Waals surface area (Å²) in [6, 6.07) is 15.3. The summed E-state index contributed by atoms with van der Waals surface area (Å²) in [5.41, 5.74) is 4.99. The predicted octanol–water partition coefficient (Wildman–Crippen LogP) is 4.44. The minimum Gasteiger partial charge on any atom is -0.369 e. The molecule has 4 aromatic rings. The van der Waals surface area contributed by atoms with Crippen LogP contribution in [0.3, 0.4) is 0 Å². The minimum absolute atomic E-state index is 0.207. The third-order valence-electron chi connectivity index (χ3n) is 6.05. The smallest absolute Gasteiger partial charge is 0.257 e. The third kappa shape index (κ3) is 4.55. The van der Waals surface area contributed by atoms with Crippen molar-refractivity contribution in [1.29, 1.82) is 0 Å². The number of nitrogens with one attached hydrogen (secondary N) is 2. The molecule has 2 N–H and O–H groups in total. The number of H-pyrrole nitrogens is 1. The zero-order valence-electron chi connectivity index (χ0n) is 18.6. The van der Waals surface area contributed by atoms with Gasteiger partial charge in [0.15, 0.2) is 0 Å². The largest absolute Gasteiger partial charge is 0.369 e. The number of aryl methyl sites for hydroxylation is 1. The number of hydrogen-bond donors (Lipinski definition) is 2. The normalized spacial score (nSPS) is 14.6. The maximum atomic E-state index is 12.7. The molecule has 2 aromatic carbocycles. The molecule has 0 unspecified atom stereocenters. The molecule has 0 bridgehead atoms. The number of pyridine rings is 1. The standard InChI is InChI=1S/C25H25ClN6O/c1-16-13-20(7-8-22(16)32-11-9-31(2)10-12-32)28-25-27-15-18-14-21(24(33)29-23(18)30-25)17-3-5-19(26)6-4-17/h3-8,13-15H,9-12H2,1-2H3,(H2,27,28,29,30,33). The van der Waals surface area contributed by atoms with Gasteiger partial charge in [-0.3, -0.25) is 4.79 Å². The van der Waals surface area contributed by atoms with Crippen molar-refractivity contribution in [2.45, 2.75) is 6.92 Å². The van der Waals surface area contributed by atoms with Crippen molar-refractivity contribution in [1.82, 2.24) is 19.9 Å². The Labute approximate surface area is 197 Å². The predicted molar refractivity (Wildman–Crippen MR) is 135 cm³/mol. The number of piperazine rings is 1. The Balaban J connectivity index is 1.38. The van der Waals surface area contributed by atoms with Crippen molar-refractivity contribution < 1.29 is 0 Å². The van der Waals surface area contributed by atoms with Crippen LogP contribution in [0.4, 0.5) is 17.3 Å². The van der Waals surface area contributed by atoms with Gasteiger partial charge in [0, 0.05) is 59.7 Å². The summed E-state index contributed by atoms with van der Waals surface area (Å²) in [4.78, 5) is 29.3. The van der Waals surface area contributed by atoms with Gasteiger partial charge in [-0.25, -0.2) is 4.98 Å². The van der Waals surface area contributed by atoms with Crippen molar-refractivity contribution in [3.63, 3.8) is 0 Å². The van der Waals surface area contributed by atoms with E-state index in [1.807, 2.05) is 18.2 Å². The van der Waals surface area contributed by atoms with E-state index in [0.29, 0.717) is 22.2 Å². The second kappa shape index (κ2) is 8.84. The number of likely N-dealkylation sites (N-methyl/N-ethyl adjacent to an activating group) is 1. The third-order valence-corrected chi connectivity index (χ3v) is 6.30. The first-order valence-electron chi connectivity index (χ1n) is 10.9. The summed E-state index contributed by atoms with van der Waals surface area (Å²) in [6.07, 6.45) is 1.71. The van der Waals surface area contributed by atoms with E-state index >= 15 is 0 Å². The Morgan fingerprint density at radius 1 is 1.03 bits per heavy atom. The molecule has 1 aliphatic heterocycles. The molecule has 0 spiro atoms. The van der Waals surface area contributed by atoms with Crippen molar-refractivity contribution in [2.24, 2.45) is 0 Å². The summed E-state index contributed by atoms with van der Waals surface area (Å²) < 4.78 is 0. The summed E-state index contributed by atoms with van der Waals surface area (Å²) in [6.45, 7) is 6.33. The fourth-order valence-corrected chi connectivity index (χ4v) is 4.29. The van der Waals surface area contributed by atoms with Crippen LogP contribution in [-0.4, -0.2) is 53.1 Å². The molecule has 5 rings (SSSR count). The van der Waals surface area contributed by atoms with Crippen LogP contribution in [-0.2, 0) is 0 Å².